The molecule has 0 aliphatic carbocycles. The number of allylic oxidation sites excluding steroid dienone is 2. The number of rotatable bonds is 3. The van der Waals surface area contributed by atoms with Crippen molar-refractivity contribution in [2.45, 2.75) is 0 Å². The maximum atomic E-state index is 13.5. The molecule has 0 saturated carbocycles. The molecule has 5 nitrogen and oxygen atoms in total. The van der Waals surface area contributed by atoms with Gasteiger partial charge in [0.15, 0.2) is 11.5 Å². The molecule has 2 heterocycles. The van der Waals surface area contributed by atoms with Gasteiger partial charge in [0.25, 0.3) is 0 Å². The molecular weight excluding hydrogens is 350 g/mol. The van der Waals surface area contributed by atoms with Gasteiger partial charge >= 0.3 is 6.03 Å². The van der Waals surface area contributed by atoms with E-state index in [4.69, 9.17) is 4.74 Å². The molecule has 1 saturated heterocycles. The molecule has 1 fully saturated rings. The number of hydrogen-bond acceptors (Lipinski definition) is 3. The first kappa shape index (κ1) is 17.9. The van der Waals surface area contributed by atoms with E-state index in [0.717, 1.165) is 18.8 Å². The number of anilines is 2. The summed E-state index contributed by atoms with van der Waals surface area (Å²) in [5.41, 5.74) is 2.52. The van der Waals surface area contributed by atoms with Crippen LogP contribution in [0.4, 0.5) is 16.2 Å². The van der Waals surface area contributed by atoms with Gasteiger partial charge in [0.2, 0.25) is 0 Å². The van der Waals surface area contributed by atoms with Gasteiger partial charge in [-0.15, -0.1) is 0 Å². The summed E-state index contributed by atoms with van der Waals surface area (Å²) in [5, 5.41) is 0. The number of fused-ring (bicyclic) bond motifs is 1. The summed E-state index contributed by atoms with van der Waals surface area (Å²) in [7, 11) is 0. The normalized spacial score (nSPS) is 16.4. The number of amides is 2. The lowest BCUT2D eigenvalue weighted by Crippen LogP contribution is -2.53. The second kappa shape index (κ2) is 7.64. The highest BCUT2D eigenvalue weighted by atomic mass is 16.5. The molecule has 28 heavy (non-hydrogen) atoms. The Labute approximate surface area is 165 Å². The molecule has 0 N–H and O–H groups in total. The minimum Gasteiger partial charge on any atom is -0.453 e. The predicted molar refractivity (Wildman–Crippen MR) is 113 cm³/mol. The first-order valence-corrected chi connectivity index (χ1v) is 9.38. The van der Waals surface area contributed by atoms with E-state index in [9.17, 15) is 4.79 Å². The van der Waals surface area contributed by atoms with Crippen LogP contribution in [0.3, 0.4) is 0 Å². The van der Waals surface area contributed by atoms with E-state index < -0.39 is 0 Å². The van der Waals surface area contributed by atoms with Gasteiger partial charge in [-0.1, -0.05) is 43.5 Å². The molecule has 0 unspecified atom stereocenters. The van der Waals surface area contributed by atoms with E-state index in [1.807, 2.05) is 47.4 Å². The third-order valence-electron chi connectivity index (χ3n) is 5.06. The minimum atomic E-state index is -0.0716. The maximum Gasteiger partial charge on any atom is 0.329 e. The van der Waals surface area contributed by atoms with Gasteiger partial charge in [-0.2, -0.15) is 0 Å². The van der Waals surface area contributed by atoms with Gasteiger partial charge in [-0.3, -0.25) is 4.90 Å². The number of nitrogens with zero attached hydrogens (tertiary/aromatic N) is 3. The smallest absolute Gasteiger partial charge is 0.329 e. The lowest BCUT2D eigenvalue weighted by molar-refractivity contribution is 0.202. The number of piperazine rings is 1. The zero-order chi connectivity index (χ0) is 19.5. The molecule has 5 heteroatoms. The fourth-order valence-corrected chi connectivity index (χ4v) is 3.62. The number of ether oxygens (including phenoxy) is 1. The summed E-state index contributed by atoms with van der Waals surface area (Å²) < 4.78 is 5.90. The second-order valence-corrected chi connectivity index (χ2v) is 6.66. The van der Waals surface area contributed by atoms with Crippen molar-refractivity contribution in [1.82, 2.24) is 4.90 Å². The molecule has 0 bridgehead atoms. The Morgan fingerprint density at radius 1 is 0.893 bits per heavy atom. The average molecular weight is 373 g/mol. The van der Waals surface area contributed by atoms with Crippen LogP contribution in [0.2, 0.25) is 0 Å². The van der Waals surface area contributed by atoms with Gasteiger partial charge < -0.3 is 14.5 Å². The second-order valence-electron chi connectivity index (χ2n) is 6.66. The number of para-hydroxylation sites is 3. The van der Waals surface area contributed by atoms with Crippen LogP contribution in [0.25, 0.3) is 0 Å². The van der Waals surface area contributed by atoms with Gasteiger partial charge in [0.1, 0.15) is 0 Å². The molecule has 0 spiro atoms. The van der Waals surface area contributed by atoms with Crippen molar-refractivity contribution >= 4 is 17.4 Å². The Morgan fingerprint density at radius 3 is 2.25 bits per heavy atom. The van der Waals surface area contributed by atoms with E-state index in [0.29, 0.717) is 30.3 Å². The zero-order valence-electron chi connectivity index (χ0n) is 15.8. The largest absolute Gasteiger partial charge is 0.453 e. The lowest BCUT2D eigenvalue weighted by atomic mass is 10.1. The lowest BCUT2D eigenvalue weighted by Gasteiger charge is -2.40. The topological polar surface area (TPSA) is 36.0 Å². The quantitative estimate of drug-likeness (QED) is 0.799. The summed E-state index contributed by atoms with van der Waals surface area (Å²) in [5.74, 6) is 1.17. The van der Waals surface area contributed by atoms with Gasteiger partial charge in [-0.25, -0.2) is 4.79 Å². The Bertz CT molecular complexity index is 928. The summed E-state index contributed by atoms with van der Waals surface area (Å²) in [6, 6.07) is 17.7. The van der Waals surface area contributed by atoms with Crippen LogP contribution in [-0.2, 0) is 0 Å². The van der Waals surface area contributed by atoms with Crippen LogP contribution >= 0.6 is 0 Å². The zero-order valence-corrected chi connectivity index (χ0v) is 15.8. The maximum absolute atomic E-state index is 13.5. The Hall–Kier alpha value is -3.47. The van der Waals surface area contributed by atoms with Gasteiger partial charge in [0, 0.05) is 31.9 Å². The monoisotopic (exact) mass is 373 g/mol. The van der Waals surface area contributed by atoms with Crippen molar-refractivity contribution in [3.8, 4) is 5.75 Å². The van der Waals surface area contributed by atoms with E-state index in [-0.39, 0.29) is 6.03 Å². The number of hydrogen-bond donors (Lipinski definition) is 0. The Balaban J connectivity index is 1.58. The van der Waals surface area contributed by atoms with E-state index in [1.165, 1.54) is 5.69 Å². The van der Waals surface area contributed by atoms with Crippen LogP contribution in [-0.4, -0.2) is 37.1 Å². The van der Waals surface area contributed by atoms with Crippen LogP contribution in [0.5, 0.6) is 5.75 Å². The number of benzene rings is 2. The molecule has 0 aromatic heterocycles. The molecule has 0 atom stereocenters. The predicted octanol–water partition coefficient (Wildman–Crippen LogP) is 4.41. The molecule has 2 aromatic carbocycles. The molecule has 2 aliphatic rings. The highest BCUT2D eigenvalue weighted by Gasteiger charge is 2.33. The Kier molecular flexibility index (Phi) is 4.89. The Morgan fingerprint density at radius 2 is 1.57 bits per heavy atom. The van der Waals surface area contributed by atoms with Crippen LogP contribution < -0.4 is 14.5 Å². The fraction of sp³-hybridized carbons (Fsp3) is 0.174. The van der Waals surface area contributed by atoms with Crippen molar-refractivity contribution in [2.75, 3.05) is 36.0 Å². The van der Waals surface area contributed by atoms with Crippen molar-refractivity contribution < 1.29 is 9.53 Å². The number of urea groups is 1. The van der Waals surface area contributed by atoms with Crippen molar-refractivity contribution in [1.29, 1.82) is 0 Å². The third-order valence-corrected chi connectivity index (χ3v) is 5.06. The molecule has 2 amide bonds. The van der Waals surface area contributed by atoms with E-state index >= 15 is 0 Å². The van der Waals surface area contributed by atoms with E-state index in [2.05, 4.69) is 30.2 Å². The standard InChI is InChI=1S/C23H23N3O2/c1-3-19-21(4-2)28-22-13-9-8-12-20(22)26(19)23(27)25-16-14-24(15-17-25)18-10-6-5-7-11-18/h3-13H,1-2,14-17H2. The molecule has 2 aliphatic heterocycles. The summed E-state index contributed by atoms with van der Waals surface area (Å²) >= 11 is 0. The fourth-order valence-electron chi connectivity index (χ4n) is 3.62. The molecule has 0 radical (unpaired) electrons. The van der Waals surface area contributed by atoms with Gasteiger partial charge in [0.05, 0.1) is 11.4 Å². The number of carbonyl (C=O) groups is 1. The minimum absolute atomic E-state index is 0.0716. The highest BCUT2D eigenvalue weighted by molar-refractivity contribution is 5.98. The van der Waals surface area contributed by atoms with Crippen LogP contribution in [0.15, 0.2) is 91.4 Å². The summed E-state index contributed by atoms with van der Waals surface area (Å²) in [4.78, 5) is 19.3. The summed E-state index contributed by atoms with van der Waals surface area (Å²) in [6.45, 7) is 10.6. The first-order valence-electron chi connectivity index (χ1n) is 9.38. The van der Waals surface area contributed by atoms with Gasteiger partial charge in [-0.05, 0) is 36.4 Å². The molecule has 2 aromatic rings. The van der Waals surface area contributed by atoms with Crippen molar-refractivity contribution in [3.05, 3.63) is 91.4 Å². The molecule has 4 rings (SSSR count). The average Bonchev–Trinajstić information content (AvgIpc) is 2.77. The third kappa shape index (κ3) is 3.16. The molecular formula is C23H23N3O2. The van der Waals surface area contributed by atoms with Crippen LogP contribution in [0.1, 0.15) is 0 Å². The molecule has 142 valence electrons. The van der Waals surface area contributed by atoms with Crippen molar-refractivity contribution in [2.24, 2.45) is 0 Å². The van der Waals surface area contributed by atoms with Crippen LogP contribution in [0, 0.1) is 0 Å². The highest BCUT2D eigenvalue weighted by Crippen LogP contribution is 2.38. The number of carbonyl (C=O) groups excluding carboxylic acids is 1. The first-order chi connectivity index (χ1) is 13.7. The van der Waals surface area contributed by atoms with E-state index in [1.54, 1.807) is 17.1 Å². The summed E-state index contributed by atoms with van der Waals surface area (Å²) in [6.07, 6.45) is 3.26. The van der Waals surface area contributed by atoms with Crippen molar-refractivity contribution in [3.63, 3.8) is 0 Å². The SMILES string of the molecule is C=CC1=C(C=C)N(C(=O)N2CCN(c3ccccc3)CC2)c2ccccc2O1.